The summed E-state index contributed by atoms with van der Waals surface area (Å²) in [5.41, 5.74) is 10.4. The Morgan fingerprint density at radius 2 is 0.642 bits per heavy atom. The maximum absolute atomic E-state index is 12.9. The van der Waals surface area contributed by atoms with E-state index in [1.165, 1.54) is 102 Å². The molecule has 3 aliphatic rings. The van der Waals surface area contributed by atoms with E-state index in [0.717, 1.165) is 16.5 Å². The third-order valence-electron chi connectivity index (χ3n) is 12.1. The van der Waals surface area contributed by atoms with Crippen LogP contribution in [0.25, 0.3) is 11.1 Å². The topological polar surface area (TPSA) is 0 Å². The molecular weight excluding hydrogens is 1030 g/mol. The molecule has 2 fully saturated rings. The van der Waals surface area contributed by atoms with E-state index in [4.69, 9.17) is 17.0 Å². The Morgan fingerprint density at radius 1 is 0.373 bits per heavy atom. The molecule has 0 amide bonds. The Bertz CT molecular complexity index is 2380. The molecule has 0 aromatic heterocycles. The van der Waals surface area contributed by atoms with Crippen molar-refractivity contribution in [3.05, 3.63) is 276 Å². The van der Waals surface area contributed by atoms with E-state index in [9.17, 15) is 17.6 Å². The molecule has 0 bridgehead atoms. The van der Waals surface area contributed by atoms with Gasteiger partial charge in [-0.15, -0.1) is 0 Å². The Balaban J connectivity index is 0.000000195. The summed E-state index contributed by atoms with van der Waals surface area (Å²) < 4.78 is 51.7. The van der Waals surface area contributed by atoms with E-state index in [1.807, 2.05) is 54.6 Å². The molecule has 4 atom stereocenters. The summed E-state index contributed by atoms with van der Waals surface area (Å²) >= 11 is 2.35. The molecule has 7 aromatic rings. The van der Waals surface area contributed by atoms with E-state index < -0.39 is 20.8 Å². The van der Waals surface area contributed by atoms with Crippen molar-refractivity contribution in [2.24, 2.45) is 0 Å². The normalized spacial score (nSPS) is 17.5. The number of allylic oxidation sites excluding steroid dienone is 4. The van der Waals surface area contributed by atoms with Gasteiger partial charge < -0.3 is 14.9 Å². The van der Waals surface area contributed by atoms with Gasteiger partial charge in [-0.1, -0.05) is 155 Å². The number of benzene rings is 7. The van der Waals surface area contributed by atoms with Crippen molar-refractivity contribution < 1.29 is 38.4 Å². The Labute approximate surface area is 424 Å². The number of rotatable bonds is 6. The fourth-order valence-electron chi connectivity index (χ4n) is 8.76. The van der Waals surface area contributed by atoms with Crippen LogP contribution < -0.4 is 0 Å². The van der Waals surface area contributed by atoms with Crippen LogP contribution in [0, 0.1) is 38.1 Å². The van der Waals surface area contributed by atoms with E-state index >= 15 is 0 Å². The minimum atomic E-state index is -0.826. The summed E-state index contributed by atoms with van der Waals surface area (Å²) in [6.45, 7) is 0. The van der Waals surface area contributed by atoms with E-state index in [0.29, 0.717) is 23.7 Å². The predicted molar refractivity (Wildman–Crippen MR) is 276 cm³/mol. The average molecular weight is 1080 g/mol. The third kappa shape index (κ3) is 17.9. The van der Waals surface area contributed by atoms with Crippen LogP contribution >= 0.6 is 33.0 Å². The van der Waals surface area contributed by atoms with Gasteiger partial charge >= 0.3 is 37.9 Å². The molecule has 0 nitrogen and oxygen atoms in total. The molecule has 2 saturated carbocycles. The monoisotopic (exact) mass is 1080 g/mol. The molecule has 0 saturated heterocycles. The first-order chi connectivity index (χ1) is 31.7. The Hall–Kier alpha value is -4.32. The SMILES string of the molecule is Fc1ccc(Br)cc1.Fc1ccc(C2=CC=C(c3ccccc3)C2)cc1.Fc1ccc(C2CCC(c3ccccc3)C2)cc1.Fc1ccc(C2CCC(c3ccccc3)C2)cc1.[CH3-].[CH3-].[Cl][Zr+2][Cl]. The van der Waals surface area contributed by atoms with Crippen LogP contribution in [0.5, 0.6) is 0 Å². The zero-order chi connectivity index (χ0) is 45.8. The summed E-state index contributed by atoms with van der Waals surface area (Å²) in [6, 6.07) is 58.7. The van der Waals surface area contributed by atoms with Gasteiger partial charge in [0.15, 0.2) is 0 Å². The summed E-state index contributed by atoms with van der Waals surface area (Å²) in [5.74, 6) is 1.85. The van der Waals surface area contributed by atoms with Gasteiger partial charge in [-0.05, 0) is 174 Å². The molecule has 67 heavy (non-hydrogen) atoms. The van der Waals surface area contributed by atoms with E-state index in [-0.39, 0.29) is 38.1 Å². The first-order valence-electron chi connectivity index (χ1n) is 21.9. The van der Waals surface area contributed by atoms with E-state index in [1.54, 1.807) is 36.4 Å². The van der Waals surface area contributed by atoms with Crippen molar-refractivity contribution >= 4 is 44.1 Å². The summed E-state index contributed by atoms with van der Waals surface area (Å²) in [4.78, 5) is 0. The fraction of sp³-hybridized carbons (Fsp3) is 0.186. The van der Waals surface area contributed by atoms with Crippen LogP contribution in [-0.2, 0) is 20.8 Å². The first-order valence-corrected chi connectivity index (χ1v) is 29.0. The third-order valence-corrected chi connectivity index (χ3v) is 12.6. The van der Waals surface area contributed by atoms with Crippen molar-refractivity contribution in [1.82, 2.24) is 0 Å². The molecule has 0 radical (unpaired) electrons. The molecule has 3 aliphatic carbocycles. The second-order valence-electron chi connectivity index (χ2n) is 16.3. The van der Waals surface area contributed by atoms with Gasteiger partial charge in [-0.25, -0.2) is 17.6 Å². The Kier molecular flexibility index (Phi) is 24.4. The maximum atomic E-state index is 12.9. The molecule has 346 valence electrons. The molecule has 0 spiro atoms. The molecule has 10 rings (SSSR count). The van der Waals surface area contributed by atoms with Crippen molar-refractivity contribution in [3.8, 4) is 0 Å². The average Bonchev–Trinajstić information content (AvgIpc) is 4.16. The van der Waals surface area contributed by atoms with E-state index in [2.05, 4.69) is 101 Å². The van der Waals surface area contributed by atoms with Gasteiger partial charge in [0.1, 0.15) is 23.3 Å². The van der Waals surface area contributed by atoms with Gasteiger partial charge in [0.25, 0.3) is 0 Å². The number of halogens is 7. The van der Waals surface area contributed by atoms with Gasteiger partial charge in [0.05, 0.1) is 0 Å². The van der Waals surface area contributed by atoms with Crippen LogP contribution in [0.2, 0.25) is 0 Å². The zero-order valence-corrected chi connectivity index (χ0v) is 43.5. The van der Waals surface area contributed by atoms with Gasteiger partial charge in [0.2, 0.25) is 0 Å². The van der Waals surface area contributed by atoms with Crippen molar-refractivity contribution in [2.75, 3.05) is 0 Å². The first kappa shape index (κ1) is 55.3. The standard InChI is InChI=1S/2C17H17F.C17H13F.C6H4BrF.2CH3.2ClH.Zr/c3*18-17-10-8-14(9-11-17)16-7-6-15(12-16)13-4-2-1-3-5-13;7-5-1-3-6(8)4-2-5;;;;;/h2*1-5,8-11,15-16H,6-7,12H2;1-11H,12H2;1-4H;2*1H3;2*1H;/q;;;;2*-1;;;+4/p-2. The second kappa shape index (κ2) is 29.5. The van der Waals surface area contributed by atoms with Gasteiger partial charge in [-0.3, -0.25) is 0 Å². The van der Waals surface area contributed by atoms with Gasteiger partial charge in [0, 0.05) is 4.47 Å². The summed E-state index contributed by atoms with van der Waals surface area (Å²) in [6.07, 6.45) is 12.5. The number of hydrogen-bond acceptors (Lipinski definition) is 0. The van der Waals surface area contributed by atoms with Gasteiger partial charge in [-0.2, -0.15) is 0 Å². The molecule has 4 unspecified atom stereocenters. The van der Waals surface area contributed by atoms with Crippen LogP contribution in [0.4, 0.5) is 17.6 Å². The van der Waals surface area contributed by atoms with Crippen LogP contribution in [0.1, 0.15) is 102 Å². The van der Waals surface area contributed by atoms with Crippen molar-refractivity contribution in [2.45, 2.75) is 68.6 Å². The summed E-state index contributed by atoms with van der Waals surface area (Å²) in [5, 5.41) is 0. The summed E-state index contributed by atoms with van der Waals surface area (Å²) in [7, 11) is 9.87. The molecular formula is C59H57BrCl2F4Zr. The Morgan fingerprint density at radius 3 is 0.970 bits per heavy atom. The minimum absolute atomic E-state index is 0. The van der Waals surface area contributed by atoms with Crippen molar-refractivity contribution in [1.29, 1.82) is 0 Å². The predicted octanol–water partition coefficient (Wildman–Crippen LogP) is 19.3. The zero-order valence-electron chi connectivity index (χ0n) is 38.0. The number of hydrogen-bond donors (Lipinski definition) is 0. The molecule has 7 aromatic carbocycles. The van der Waals surface area contributed by atoms with Crippen LogP contribution in [0.15, 0.2) is 205 Å². The molecule has 0 aliphatic heterocycles. The van der Waals surface area contributed by atoms with Crippen molar-refractivity contribution in [3.63, 3.8) is 0 Å². The molecule has 8 heteroatoms. The quantitative estimate of drug-likeness (QED) is 0.115. The fourth-order valence-corrected chi connectivity index (χ4v) is 9.03. The van der Waals surface area contributed by atoms with Crippen LogP contribution in [-0.4, -0.2) is 0 Å². The molecule has 0 N–H and O–H groups in total. The van der Waals surface area contributed by atoms with Crippen LogP contribution in [0.3, 0.4) is 0 Å². The molecule has 0 heterocycles. The second-order valence-corrected chi connectivity index (χ2v) is 20.9.